The van der Waals surface area contributed by atoms with Gasteiger partial charge in [-0.3, -0.25) is 0 Å². The Morgan fingerprint density at radius 2 is 2.25 bits per heavy atom. The van der Waals surface area contributed by atoms with E-state index in [0.717, 1.165) is 0 Å². The van der Waals surface area contributed by atoms with E-state index in [9.17, 15) is 13.0 Å². The van der Waals surface area contributed by atoms with Crippen molar-refractivity contribution in [3.63, 3.8) is 0 Å². The first-order valence-corrected chi connectivity index (χ1v) is 4.07. The number of rotatable bonds is 3. The molecule has 6 heteroatoms. The van der Waals surface area contributed by atoms with Gasteiger partial charge in [0.15, 0.2) is 0 Å². The lowest BCUT2D eigenvalue weighted by atomic mass is 11.0. The van der Waals surface area contributed by atoms with Crippen LogP contribution in [0.15, 0.2) is 0 Å². The topological polar surface area (TPSA) is 66.4 Å². The third-order valence-electron chi connectivity index (χ3n) is 0.249. The predicted molar refractivity (Wildman–Crippen MR) is 28.9 cm³/mol. The van der Waals surface area contributed by atoms with Crippen LogP contribution in [0.5, 0.6) is 0 Å². The Labute approximate surface area is 52.4 Å². The van der Waals surface area contributed by atoms with Crippen LogP contribution in [0, 0.1) is 0 Å². The highest BCUT2D eigenvalue weighted by atomic mass is 32.3. The predicted octanol–water partition coefficient (Wildman–Crippen LogP) is 0.131. The van der Waals surface area contributed by atoms with Crippen molar-refractivity contribution in [1.82, 2.24) is 0 Å². The van der Waals surface area contributed by atoms with E-state index >= 15 is 0 Å². The summed E-state index contributed by atoms with van der Waals surface area (Å²) >= 11 is 0.615. The van der Waals surface area contributed by atoms with Crippen LogP contribution in [0.2, 0.25) is 0 Å². The maximum atomic E-state index is 9.59. The van der Waals surface area contributed by atoms with Gasteiger partial charge in [-0.05, 0) is 0 Å². The van der Waals surface area contributed by atoms with Crippen molar-refractivity contribution in [1.29, 1.82) is 0 Å². The minimum Gasteiger partial charge on any atom is -0.725 e. The summed E-state index contributed by atoms with van der Waals surface area (Å²) in [6.07, 6.45) is 0. The van der Waals surface area contributed by atoms with Gasteiger partial charge in [0.2, 0.25) is 10.4 Å². The molecule has 0 saturated carbocycles. The summed E-state index contributed by atoms with van der Waals surface area (Å²) in [7, 11) is -4.47. The Bertz CT molecular complexity index is 136. The van der Waals surface area contributed by atoms with Gasteiger partial charge in [-0.15, -0.1) is 0 Å². The summed E-state index contributed by atoms with van der Waals surface area (Å²) in [5.41, 5.74) is 0. The standard InChI is InChI=1S/C2H6O4S2/c1-2-7-6-8(3,4)5/h2H2,1H3,(H,3,4,5)/p-1. The molecule has 50 valence electrons. The summed E-state index contributed by atoms with van der Waals surface area (Å²) < 4.78 is 32.5. The molecule has 0 amide bonds. The molecule has 0 aromatic rings. The van der Waals surface area contributed by atoms with Crippen molar-refractivity contribution in [2.45, 2.75) is 6.92 Å². The second kappa shape index (κ2) is 3.29. The molecule has 0 aliphatic heterocycles. The highest BCUT2D eigenvalue weighted by molar-refractivity contribution is 8.02. The SMILES string of the molecule is CCSOS(=O)(=O)[O-]. The van der Waals surface area contributed by atoms with E-state index in [1.807, 2.05) is 0 Å². The van der Waals surface area contributed by atoms with E-state index in [1.54, 1.807) is 6.92 Å². The van der Waals surface area contributed by atoms with Gasteiger partial charge in [-0.2, -0.15) is 0 Å². The molecule has 0 N–H and O–H groups in total. The summed E-state index contributed by atoms with van der Waals surface area (Å²) in [6, 6.07) is 0. The first-order valence-electron chi connectivity index (χ1n) is 1.83. The maximum absolute atomic E-state index is 9.59. The van der Waals surface area contributed by atoms with Crippen molar-refractivity contribution < 1.29 is 16.6 Å². The molecule has 0 radical (unpaired) electrons. The normalized spacial score (nSPS) is 11.8. The van der Waals surface area contributed by atoms with Crippen molar-refractivity contribution in [3.8, 4) is 0 Å². The van der Waals surface area contributed by atoms with Crippen molar-refractivity contribution in [3.05, 3.63) is 0 Å². The maximum Gasteiger partial charge on any atom is 0.228 e. The van der Waals surface area contributed by atoms with Gasteiger partial charge in [0.05, 0.1) is 0 Å². The average molecular weight is 157 g/mol. The van der Waals surface area contributed by atoms with Crippen LogP contribution in [0.1, 0.15) is 6.92 Å². The Morgan fingerprint density at radius 1 is 1.75 bits per heavy atom. The molecule has 0 spiro atoms. The molecule has 0 atom stereocenters. The molecule has 0 saturated heterocycles. The zero-order chi connectivity index (χ0) is 6.62. The van der Waals surface area contributed by atoms with Gasteiger partial charge in [0.1, 0.15) is 0 Å². The van der Waals surface area contributed by atoms with Crippen LogP contribution in [-0.2, 0) is 14.0 Å². The molecule has 4 nitrogen and oxygen atoms in total. The Hall–Kier alpha value is 0.220. The first-order chi connectivity index (χ1) is 3.56. The molecular weight excluding hydrogens is 152 g/mol. The van der Waals surface area contributed by atoms with Crippen LogP contribution in [-0.4, -0.2) is 18.7 Å². The monoisotopic (exact) mass is 157 g/mol. The second-order valence-corrected chi connectivity index (χ2v) is 3.06. The molecular formula is C2H5O4S2-. The third kappa shape index (κ3) is 6.22. The second-order valence-electron chi connectivity index (χ2n) is 0.883. The van der Waals surface area contributed by atoms with E-state index < -0.39 is 10.4 Å². The number of hydrogen-bond donors (Lipinski definition) is 0. The molecule has 8 heavy (non-hydrogen) atoms. The average Bonchev–Trinajstić information content (AvgIpc) is 1.59. The van der Waals surface area contributed by atoms with Crippen LogP contribution >= 0.6 is 12.0 Å². The zero-order valence-corrected chi connectivity index (χ0v) is 5.79. The molecule has 0 fully saturated rings. The quantitative estimate of drug-likeness (QED) is 0.331. The van der Waals surface area contributed by atoms with Crippen molar-refractivity contribution in [2.24, 2.45) is 0 Å². The first kappa shape index (κ1) is 8.22. The minimum atomic E-state index is -4.47. The summed E-state index contributed by atoms with van der Waals surface area (Å²) in [5, 5.41) is 0. The van der Waals surface area contributed by atoms with Crippen LogP contribution < -0.4 is 0 Å². The van der Waals surface area contributed by atoms with Crippen LogP contribution in [0.4, 0.5) is 0 Å². The fourth-order valence-corrected chi connectivity index (χ4v) is 0.963. The summed E-state index contributed by atoms with van der Waals surface area (Å²) in [6.45, 7) is 1.68. The molecule has 0 aliphatic carbocycles. The van der Waals surface area contributed by atoms with Crippen molar-refractivity contribution in [2.75, 3.05) is 5.75 Å². The summed E-state index contributed by atoms with van der Waals surface area (Å²) in [5.74, 6) is 0.446. The van der Waals surface area contributed by atoms with Gasteiger partial charge in [0, 0.05) is 17.8 Å². The fourth-order valence-electron chi connectivity index (χ4n) is 0.107. The lowest BCUT2D eigenvalue weighted by Crippen LogP contribution is -1.96. The molecule has 0 aliphatic rings. The van der Waals surface area contributed by atoms with Gasteiger partial charge < -0.3 is 4.55 Å². The lowest BCUT2D eigenvalue weighted by molar-refractivity contribution is 0.391. The number of hydrogen-bond acceptors (Lipinski definition) is 5. The van der Waals surface area contributed by atoms with E-state index in [-0.39, 0.29) is 0 Å². The molecule has 0 rings (SSSR count). The van der Waals surface area contributed by atoms with E-state index in [2.05, 4.69) is 3.63 Å². The Morgan fingerprint density at radius 3 is 2.38 bits per heavy atom. The fraction of sp³-hybridized carbons (Fsp3) is 1.00. The van der Waals surface area contributed by atoms with Gasteiger partial charge in [0.25, 0.3) is 0 Å². The molecule has 0 aromatic heterocycles. The Kier molecular flexibility index (Phi) is 3.38. The highest BCUT2D eigenvalue weighted by Gasteiger charge is 1.90. The van der Waals surface area contributed by atoms with Gasteiger partial charge in [-0.25, -0.2) is 12.0 Å². The van der Waals surface area contributed by atoms with Crippen LogP contribution in [0.3, 0.4) is 0 Å². The van der Waals surface area contributed by atoms with Crippen LogP contribution in [0.25, 0.3) is 0 Å². The van der Waals surface area contributed by atoms with E-state index in [4.69, 9.17) is 0 Å². The van der Waals surface area contributed by atoms with Crippen molar-refractivity contribution >= 4 is 22.4 Å². The minimum absolute atomic E-state index is 0.446. The molecule has 0 aromatic carbocycles. The largest absolute Gasteiger partial charge is 0.725 e. The smallest absolute Gasteiger partial charge is 0.228 e. The lowest BCUT2D eigenvalue weighted by Gasteiger charge is -2.02. The van der Waals surface area contributed by atoms with Gasteiger partial charge in [-0.1, -0.05) is 6.92 Å². The third-order valence-corrected chi connectivity index (χ3v) is 1.54. The van der Waals surface area contributed by atoms with E-state index in [0.29, 0.717) is 17.8 Å². The Balaban J connectivity index is 3.42. The zero-order valence-electron chi connectivity index (χ0n) is 4.16. The molecule has 0 unspecified atom stereocenters. The highest BCUT2D eigenvalue weighted by Crippen LogP contribution is 2.03. The molecule has 0 bridgehead atoms. The van der Waals surface area contributed by atoms with E-state index in [1.165, 1.54) is 0 Å². The van der Waals surface area contributed by atoms with Gasteiger partial charge >= 0.3 is 0 Å². The summed E-state index contributed by atoms with van der Waals surface area (Å²) in [4.78, 5) is 0. The molecule has 0 heterocycles.